The second-order valence-electron chi connectivity index (χ2n) is 2.69. The van der Waals surface area contributed by atoms with Gasteiger partial charge in [-0.15, -0.1) is 0 Å². The Morgan fingerprint density at radius 1 is 1.29 bits per heavy atom. The van der Waals surface area contributed by atoms with Gasteiger partial charge in [-0.3, -0.25) is 0 Å². The Morgan fingerprint density at radius 2 is 1.86 bits per heavy atom. The van der Waals surface area contributed by atoms with Crippen LogP contribution < -0.4 is 16.8 Å². The van der Waals surface area contributed by atoms with Crippen LogP contribution in [0.5, 0.6) is 0 Å². The number of nitrogens with zero attached hydrogens (tertiary/aromatic N) is 1. The first-order valence-corrected chi connectivity index (χ1v) is 4.04. The van der Waals surface area contributed by atoms with Crippen molar-refractivity contribution in [3.8, 4) is 0 Å². The van der Waals surface area contributed by atoms with Crippen molar-refractivity contribution >= 4 is 11.6 Å². The minimum absolute atomic E-state index is 0. The molecular weight excluding hydrogens is 176 g/mol. The molecule has 0 aliphatic carbocycles. The van der Waals surface area contributed by atoms with E-state index >= 15 is 0 Å². The minimum Gasteiger partial charge on any atom is -0.388 e. The molecule has 0 fully saturated rings. The van der Waals surface area contributed by atoms with E-state index in [1.54, 1.807) is 0 Å². The predicted molar refractivity (Wildman–Crippen MR) is 62.2 cm³/mol. The van der Waals surface area contributed by atoms with Crippen LogP contribution in [-0.2, 0) is 6.54 Å². The molecule has 0 saturated carbocycles. The van der Waals surface area contributed by atoms with Crippen molar-refractivity contribution in [2.45, 2.75) is 14.0 Å². The van der Waals surface area contributed by atoms with Crippen molar-refractivity contribution in [2.24, 2.45) is 16.5 Å². The normalized spacial score (nSPS) is 8.64. The van der Waals surface area contributed by atoms with Crippen LogP contribution in [0.25, 0.3) is 0 Å². The Hall–Kier alpha value is -1.71. The Bertz CT molecular complexity index is 285. The highest BCUT2D eigenvalue weighted by atomic mass is 15.0. The Balaban J connectivity index is 0.00000169. The SMILES string of the molecule is C.CNc1ccc(CN=C(N)N)cc1. The lowest BCUT2D eigenvalue weighted by molar-refractivity contribution is 1.05. The molecule has 5 N–H and O–H groups in total. The van der Waals surface area contributed by atoms with Crippen molar-refractivity contribution in [3.63, 3.8) is 0 Å². The topological polar surface area (TPSA) is 76.4 Å². The van der Waals surface area contributed by atoms with Gasteiger partial charge in [-0.2, -0.15) is 0 Å². The van der Waals surface area contributed by atoms with E-state index in [1.165, 1.54) is 0 Å². The zero-order valence-electron chi connectivity index (χ0n) is 7.62. The third kappa shape index (κ3) is 3.80. The molecule has 14 heavy (non-hydrogen) atoms. The Labute approximate surface area is 85.0 Å². The smallest absolute Gasteiger partial charge is 0.186 e. The lowest BCUT2D eigenvalue weighted by Crippen LogP contribution is -2.22. The summed E-state index contributed by atoms with van der Waals surface area (Å²) in [7, 11) is 1.88. The van der Waals surface area contributed by atoms with Crippen LogP contribution in [0.1, 0.15) is 13.0 Å². The third-order valence-corrected chi connectivity index (χ3v) is 1.69. The second kappa shape index (κ2) is 5.85. The molecule has 4 nitrogen and oxygen atoms in total. The molecule has 0 amide bonds. The lowest BCUT2D eigenvalue weighted by atomic mass is 10.2. The molecule has 0 bridgehead atoms. The van der Waals surface area contributed by atoms with Gasteiger partial charge in [0.15, 0.2) is 5.96 Å². The van der Waals surface area contributed by atoms with Crippen LogP contribution in [0.3, 0.4) is 0 Å². The van der Waals surface area contributed by atoms with Crippen LogP contribution in [0, 0.1) is 0 Å². The average molecular weight is 194 g/mol. The monoisotopic (exact) mass is 194 g/mol. The van der Waals surface area contributed by atoms with Crippen LogP contribution >= 0.6 is 0 Å². The summed E-state index contributed by atoms with van der Waals surface area (Å²) < 4.78 is 0. The second-order valence-corrected chi connectivity index (χ2v) is 2.69. The van der Waals surface area contributed by atoms with Crippen molar-refractivity contribution in [3.05, 3.63) is 29.8 Å². The highest BCUT2D eigenvalue weighted by Crippen LogP contribution is 2.08. The van der Waals surface area contributed by atoms with E-state index in [-0.39, 0.29) is 13.4 Å². The standard InChI is InChI=1S/C9H14N4.CH4/c1-12-8-4-2-7(3-5-8)6-13-9(10)11;/h2-5,12H,6H2,1H3,(H4,10,11,13);1H4. The van der Waals surface area contributed by atoms with Gasteiger partial charge in [-0.05, 0) is 17.7 Å². The van der Waals surface area contributed by atoms with Crippen LogP contribution in [0.15, 0.2) is 29.3 Å². The molecule has 1 aromatic rings. The molecule has 0 radical (unpaired) electrons. The summed E-state index contributed by atoms with van der Waals surface area (Å²) >= 11 is 0. The van der Waals surface area contributed by atoms with E-state index in [4.69, 9.17) is 11.5 Å². The number of anilines is 1. The van der Waals surface area contributed by atoms with Crippen molar-refractivity contribution in [2.75, 3.05) is 12.4 Å². The molecule has 0 spiro atoms. The summed E-state index contributed by atoms with van der Waals surface area (Å²) in [6.07, 6.45) is 0. The molecule has 78 valence electrons. The van der Waals surface area contributed by atoms with Gasteiger partial charge in [0.2, 0.25) is 0 Å². The van der Waals surface area contributed by atoms with Crippen LogP contribution in [0.4, 0.5) is 5.69 Å². The zero-order valence-corrected chi connectivity index (χ0v) is 7.62. The number of rotatable bonds is 3. The van der Waals surface area contributed by atoms with Crippen LogP contribution in [-0.4, -0.2) is 13.0 Å². The van der Waals surface area contributed by atoms with E-state index < -0.39 is 0 Å². The van der Waals surface area contributed by atoms with Gasteiger partial charge in [-0.1, -0.05) is 19.6 Å². The molecule has 1 aromatic carbocycles. The van der Waals surface area contributed by atoms with Crippen molar-refractivity contribution < 1.29 is 0 Å². The zero-order chi connectivity index (χ0) is 9.68. The van der Waals surface area contributed by atoms with E-state index in [0.29, 0.717) is 6.54 Å². The average Bonchev–Trinajstić information content (AvgIpc) is 2.15. The van der Waals surface area contributed by atoms with Crippen molar-refractivity contribution in [1.82, 2.24) is 0 Å². The summed E-state index contributed by atoms with van der Waals surface area (Å²) in [5.74, 6) is 0.123. The fraction of sp³-hybridized carbons (Fsp3) is 0.300. The molecule has 0 atom stereocenters. The molecule has 4 heteroatoms. The lowest BCUT2D eigenvalue weighted by Gasteiger charge is -2.00. The van der Waals surface area contributed by atoms with E-state index in [9.17, 15) is 0 Å². The van der Waals surface area contributed by atoms with Gasteiger partial charge in [0.25, 0.3) is 0 Å². The number of guanidine groups is 1. The maximum Gasteiger partial charge on any atom is 0.186 e. The number of nitrogens with one attached hydrogen (secondary N) is 1. The molecular formula is C10H18N4. The maximum absolute atomic E-state index is 5.21. The highest BCUT2D eigenvalue weighted by molar-refractivity contribution is 5.75. The van der Waals surface area contributed by atoms with Crippen molar-refractivity contribution in [1.29, 1.82) is 0 Å². The fourth-order valence-corrected chi connectivity index (χ4v) is 0.959. The van der Waals surface area contributed by atoms with E-state index in [2.05, 4.69) is 10.3 Å². The largest absolute Gasteiger partial charge is 0.388 e. The predicted octanol–water partition coefficient (Wildman–Crippen LogP) is 1.14. The Morgan fingerprint density at radius 3 is 2.29 bits per heavy atom. The van der Waals surface area contributed by atoms with Gasteiger partial charge in [0.1, 0.15) is 0 Å². The highest BCUT2D eigenvalue weighted by Gasteiger charge is 1.91. The van der Waals surface area contributed by atoms with Gasteiger partial charge in [0, 0.05) is 12.7 Å². The third-order valence-electron chi connectivity index (χ3n) is 1.69. The summed E-state index contributed by atoms with van der Waals surface area (Å²) in [5, 5.41) is 3.03. The number of benzene rings is 1. The summed E-state index contributed by atoms with van der Waals surface area (Å²) in [4.78, 5) is 3.90. The molecule has 0 saturated heterocycles. The molecule has 0 unspecified atom stereocenters. The Kier molecular flexibility index (Phi) is 5.14. The molecule has 0 aliphatic heterocycles. The van der Waals surface area contributed by atoms with Gasteiger partial charge >= 0.3 is 0 Å². The molecule has 0 heterocycles. The molecule has 0 aliphatic rings. The van der Waals surface area contributed by atoms with Gasteiger partial charge in [0.05, 0.1) is 6.54 Å². The minimum atomic E-state index is 0. The summed E-state index contributed by atoms with van der Waals surface area (Å²) in [6.45, 7) is 0.534. The number of nitrogens with two attached hydrogens (primary N) is 2. The number of aliphatic imine (C=N–C) groups is 1. The van der Waals surface area contributed by atoms with Gasteiger partial charge < -0.3 is 16.8 Å². The first-order chi connectivity index (χ1) is 6.22. The van der Waals surface area contributed by atoms with Crippen LogP contribution in [0.2, 0.25) is 0 Å². The van der Waals surface area contributed by atoms with E-state index in [1.807, 2.05) is 31.3 Å². The first-order valence-electron chi connectivity index (χ1n) is 4.04. The van der Waals surface area contributed by atoms with E-state index in [0.717, 1.165) is 11.3 Å². The number of hydrogen-bond donors (Lipinski definition) is 3. The molecule has 0 aromatic heterocycles. The summed E-state index contributed by atoms with van der Waals surface area (Å²) in [5.41, 5.74) is 12.6. The quantitative estimate of drug-likeness (QED) is 0.499. The maximum atomic E-state index is 5.21. The van der Waals surface area contributed by atoms with Gasteiger partial charge in [-0.25, -0.2) is 4.99 Å². The fourth-order valence-electron chi connectivity index (χ4n) is 0.959. The molecule has 1 rings (SSSR count). The number of hydrogen-bond acceptors (Lipinski definition) is 2. The summed E-state index contributed by atoms with van der Waals surface area (Å²) in [6, 6.07) is 7.94. The first kappa shape index (κ1) is 12.3.